The Balaban J connectivity index is 1.79. The van der Waals surface area contributed by atoms with Crippen LogP contribution < -0.4 is 4.72 Å². The predicted molar refractivity (Wildman–Crippen MR) is 96.1 cm³/mol. The van der Waals surface area contributed by atoms with Crippen LogP contribution in [-0.4, -0.2) is 20.1 Å². The van der Waals surface area contributed by atoms with Crippen LogP contribution in [0.3, 0.4) is 0 Å². The Morgan fingerprint density at radius 2 is 1.83 bits per heavy atom. The summed E-state index contributed by atoms with van der Waals surface area (Å²) < 4.78 is 28.7. The maximum atomic E-state index is 12.3. The second-order valence-electron chi connectivity index (χ2n) is 4.99. The molecule has 120 valence electrons. The van der Waals surface area contributed by atoms with Crippen LogP contribution in [0.2, 0.25) is 0 Å². The Morgan fingerprint density at radius 1 is 1.13 bits per heavy atom. The van der Waals surface area contributed by atoms with Gasteiger partial charge < -0.3 is 5.11 Å². The molecule has 0 radical (unpaired) electrons. The summed E-state index contributed by atoms with van der Waals surface area (Å²) in [5.41, 5.74) is 0.737. The molecule has 0 spiro atoms. The maximum Gasteiger partial charge on any atom is 0.241 e. The average molecular weight is 412 g/mol. The van der Waals surface area contributed by atoms with Gasteiger partial charge in [0.25, 0.3) is 0 Å². The average Bonchev–Trinajstić information content (AvgIpc) is 2.97. The first-order valence-electron chi connectivity index (χ1n) is 6.87. The number of aliphatic hydroxyl groups is 1. The number of thiophene rings is 1. The molecule has 1 atom stereocenters. The SMILES string of the molecule is O=S(=O)(NC[C@@H](O)c1csc2ccccc12)c1ccccc1Br. The topological polar surface area (TPSA) is 66.4 Å². The number of aliphatic hydroxyl groups excluding tert-OH is 1. The molecule has 0 bridgehead atoms. The molecule has 0 saturated carbocycles. The lowest BCUT2D eigenvalue weighted by Gasteiger charge is -2.13. The lowest BCUT2D eigenvalue weighted by molar-refractivity contribution is 0.184. The first-order valence-corrected chi connectivity index (χ1v) is 10.0. The van der Waals surface area contributed by atoms with Gasteiger partial charge in [-0.2, -0.15) is 0 Å². The zero-order valence-corrected chi connectivity index (χ0v) is 15.2. The van der Waals surface area contributed by atoms with E-state index in [0.29, 0.717) is 4.47 Å². The number of sulfonamides is 1. The van der Waals surface area contributed by atoms with Crippen molar-refractivity contribution in [2.24, 2.45) is 0 Å². The number of fused-ring (bicyclic) bond motifs is 1. The molecule has 0 aliphatic rings. The van der Waals surface area contributed by atoms with Gasteiger partial charge in [-0.25, -0.2) is 13.1 Å². The Bertz CT molecular complexity index is 937. The van der Waals surface area contributed by atoms with Crippen LogP contribution in [0.4, 0.5) is 0 Å². The Kier molecular flexibility index (Phi) is 4.84. The fourth-order valence-electron chi connectivity index (χ4n) is 2.30. The zero-order valence-electron chi connectivity index (χ0n) is 11.9. The number of halogens is 1. The van der Waals surface area contributed by atoms with Gasteiger partial charge in [0.05, 0.1) is 11.0 Å². The van der Waals surface area contributed by atoms with Gasteiger partial charge >= 0.3 is 0 Å². The van der Waals surface area contributed by atoms with E-state index in [2.05, 4.69) is 20.7 Å². The summed E-state index contributed by atoms with van der Waals surface area (Å²) in [6, 6.07) is 14.3. The van der Waals surface area contributed by atoms with E-state index in [9.17, 15) is 13.5 Å². The van der Waals surface area contributed by atoms with Crippen LogP contribution in [0.15, 0.2) is 63.3 Å². The maximum absolute atomic E-state index is 12.3. The highest BCUT2D eigenvalue weighted by Crippen LogP contribution is 2.30. The second kappa shape index (κ2) is 6.70. The van der Waals surface area contributed by atoms with E-state index in [4.69, 9.17) is 0 Å². The minimum absolute atomic E-state index is 0.0790. The van der Waals surface area contributed by atoms with Crippen molar-refractivity contribution >= 4 is 47.4 Å². The number of rotatable bonds is 5. The molecule has 0 fully saturated rings. The number of nitrogens with one attached hydrogen (secondary N) is 1. The summed E-state index contributed by atoms with van der Waals surface area (Å²) >= 11 is 4.76. The molecule has 0 amide bonds. The number of hydrogen-bond donors (Lipinski definition) is 2. The van der Waals surface area contributed by atoms with Crippen LogP contribution in [0, 0.1) is 0 Å². The highest BCUT2D eigenvalue weighted by Gasteiger charge is 2.20. The smallest absolute Gasteiger partial charge is 0.241 e. The summed E-state index contributed by atoms with van der Waals surface area (Å²) in [7, 11) is -3.68. The molecule has 2 aromatic carbocycles. The minimum atomic E-state index is -3.68. The Morgan fingerprint density at radius 3 is 2.61 bits per heavy atom. The summed E-state index contributed by atoms with van der Waals surface area (Å²) in [5, 5.41) is 13.2. The molecule has 3 rings (SSSR count). The van der Waals surface area contributed by atoms with Crippen LogP contribution in [0.1, 0.15) is 11.7 Å². The van der Waals surface area contributed by atoms with E-state index >= 15 is 0 Å². The molecule has 0 saturated heterocycles. The van der Waals surface area contributed by atoms with Crippen molar-refractivity contribution in [3.8, 4) is 0 Å². The largest absolute Gasteiger partial charge is 0.387 e. The monoisotopic (exact) mass is 411 g/mol. The van der Waals surface area contributed by atoms with E-state index < -0.39 is 16.1 Å². The van der Waals surface area contributed by atoms with Crippen molar-refractivity contribution in [3.63, 3.8) is 0 Å². The van der Waals surface area contributed by atoms with E-state index in [1.165, 1.54) is 17.4 Å². The molecule has 23 heavy (non-hydrogen) atoms. The summed E-state index contributed by atoms with van der Waals surface area (Å²) in [6.45, 7) is -0.0790. The molecular weight excluding hydrogens is 398 g/mol. The Labute approximate surface area is 147 Å². The van der Waals surface area contributed by atoms with E-state index in [-0.39, 0.29) is 11.4 Å². The summed E-state index contributed by atoms with van der Waals surface area (Å²) in [4.78, 5) is 0.155. The first kappa shape index (κ1) is 16.6. The highest BCUT2D eigenvalue weighted by molar-refractivity contribution is 9.10. The van der Waals surface area contributed by atoms with Crippen molar-refractivity contribution in [2.45, 2.75) is 11.0 Å². The van der Waals surface area contributed by atoms with Crippen molar-refractivity contribution < 1.29 is 13.5 Å². The molecule has 0 unspecified atom stereocenters. The molecule has 4 nitrogen and oxygen atoms in total. The Hall–Kier alpha value is -1.25. The van der Waals surface area contributed by atoms with Crippen molar-refractivity contribution in [2.75, 3.05) is 6.54 Å². The summed E-state index contributed by atoms with van der Waals surface area (Å²) in [6.07, 6.45) is -0.900. The third-order valence-electron chi connectivity index (χ3n) is 3.46. The van der Waals surface area contributed by atoms with Crippen molar-refractivity contribution in [3.05, 3.63) is 63.9 Å². The molecule has 0 aliphatic carbocycles. The van der Waals surface area contributed by atoms with Crippen LogP contribution in [0.5, 0.6) is 0 Å². The van der Waals surface area contributed by atoms with E-state index in [1.54, 1.807) is 18.2 Å². The van der Waals surface area contributed by atoms with Crippen LogP contribution in [-0.2, 0) is 10.0 Å². The third kappa shape index (κ3) is 3.49. The van der Waals surface area contributed by atoms with Gasteiger partial charge in [0.15, 0.2) is 0 Å². The second-order valence-corrected chi connectivity index (χ2v) is 8.49. The van der Waals surface area contributed by atoms with Crippen LogP contribution in [0.25, 0.3) is 10.1 Å². The highest BCUT2D eigenvalue weighted by atomic mass is 79.9. The van der Waals surface area contributed by atoms with Gasteiger partial charge in [0, 0.05) is 21.3 Å². The van der Waals surface area contributed by atoms with Gasteiger partial charge in [0.1, 0.15) is 0 Å². The zero-order chi connectivity index (χ0) is 16.4. The molecule has 1 heterocycles. The van der Waals surface area contributed by atoms with Crippen molar-refractivity contribution in [1.82, 2.24) is 4.72 Å². The molecule has 3 aromatic rings. The van der Waals surface area contributed by atoms with Crippen molar-refractivity contribution in [1.29, 1.82) is 0 Å². The lowest BCUT2D eigenvalue weighted by Crippen LogP contribution is -2.28. The fourth-order valence-corrected chi connectivity index (χ4v) is 5.34. The number of benzene rings is 2. The molecule has 2 N–H and O–H groups in total. The molecule has 1 aromatic heterocycles. The first-order chi connectivity index (χ1) is 11.0. The normalized spacial score (nSPS) is 13.3. The van der Waals surface area contributed by atoms with Gasteiger partial charge in [-0.15, -0.1) is 11.3 Å². The molecular formula is C16H14BrNO3S2. The van der Waals surface area contributed by atoms with Crippen LogP contribution >= 0.6 is 27.3 Å². The van der Waals surface area contributed by atoms with E-state index in [1.807, 2.05) is 29.6 Å². The third-order valence-corrected chi connectivity index (χ3v) is 6.88. The lowest BCUT2D eigenvalue weighted by atomic mass is 10.1. The fraction of sp³-hybridized carbons (Fsp3) is 0.125. The standard InChI is InChI=1S/C16H14BrNO3S2/c17-13-6-2-4-8-16(13)23(20,21)18-9-14(19)12-10-22-15-7-3-1-5-11(12)15/h1-8,10,14,18-19H,9H2/t14-/m1/s1. The minimum Gasteiger partial charge on any atom is -0.387 e. The predicted octanol–water partition coefficient (Wildman–Crippen LogP) is 3.68. The van der Waals surface area contributed by atoms with Gasteiger partial charge in [-0.3, -0.25) is 0 Å². The molecule has 7 heteroatoms. The van der Waals surface area contributed by atoms with Gasteiger partial charge in [-0.05, 0) is 44.9 Å². The van der Waals surface area contributed by atoms with Gasteiger partial charge in [-0.1, -0.05) is 30.3 Å². The number of hydrogen-bond acceptors (Lipinski definition) is 4. The molecule has 0 aliphatic heterocycles. The summed E-state index contributed by atoms with van der Waals surface area (Å²) in [5.74, 6) is 0. The van der Waals surface area contributed by atoms with E-state index in [0.717, 1.165) is 15.6 Å². The quantitative estimate of drug-likeness (QED) is 0.672. The van der Waals surface area contributed by atoms with Gasteiger partial charge in [0.2, 0.25) is 10.0 Å².